The van der Waals surface area contributed by atoms with Crippen LogP contribution in [0.5, 0.6) is 0 Å². The standard InChI is InChI=1S/C55H96O19/c1-34-23-37(4,54(34,62)39(6,25-56)71-42(9,28-64-21)47(34,14)58)67-31-44(11)49(16,60)51(18)36(3,41(8,73-44)30-69-51)27-66-29-43(10)48(15,59)35(2)24-38(5,55(35,63)40(7,26-57)72-43)68-32-45(12)50(17,61)53(20)52(19,65-22)46(13,74-45)33-70-53/h56-63H,23-33H2,1-22H3. The fourth-order valence-corrected chi connectivity index (χ4v) is 17.9. The summed E-state index contributed by atoms with van der Waals surface area (Å²) in [5.74, 6) is 0. The van der Waals surface area contributed by atoms with E-state index in [1.807, 2.05) is 34.6 Å². The van der Waals surface area contributed by atoms with Gasteiger partial charge >= 0.3 is 0 Å². The molecule has 0 aromatic heterocycles. The first-order valence-corrected chi connectivity index (χ1v) is 26.6. The van der Waals surface area contributed by atoms with Crippen molar-refractivity contribution in [2.24, 2.45) is 16.2 Å². The summed E-state index contributed by atoms with van der Waals surface area (Å²) in [5, 5.41) is 98.9. The zero-order valence-electron chi connectivity index (χ0n) is 48.8. The molecule has 0 spiro atoms. The van der Waals surface area contributed by atoms with E-state index in [4.69, 9.17) is 52.1 Å². The molecule has 6 saturated heterocycles. The van der Waals surface area contributed by atoms with Gasteiger partial charge in [-0.2, -0.15) is 0 Å². The first-order valence-electron chi connectivity index (χ1n) is 26.6. The molecule has 19 nitrogen and oxygen atoms in total. The van der Waals surface area contributed by atoms with Crippen LogP contribution in [0.4, 0.5) is 0 Å². The van der Waals surface area contributed by atoms with Gasteiger partial charge in [-0.3, -0.25) is 0 Å². The maximum absolute atomic E-state index is 13.2. The first-order chi connectivity index (χ1) is 33.0. The van der Waals surface area contributed by atoms with Crippen molar-refractivity contribution < 1.29 is 93.0 Å². The van der Waals surface area contributed by atoms with E-state index in [0.29, 0.717) is 0 Å². The number of fused-ring (bicyclic) bond motifs is 6. The van der Waals surface area contributed by atoms with Crippen LogP contribution in [0.3, 0.4) is 0 Å². The predicted octanol–water partition coefficient (Wildman–Crippen LogP) is 2.65. The maximum atomic E-state index is 13.2. The number of methoxy groups -OCH3 is 2. The Labute approximate surface area is 439 Å². The molecule has 22 unspecified atom stereocenters. The average molecular weight is 1060 g/mol. The number of aliphatic hydroxyl groups excluding tert-OH is 2. The summed E-state index contributed by atoms with van der Waals surface area (Å²) in [7, 11) is 3.06. The smallest absolute Gasteiger partial charge is 0.132 e. The van der Waals surface area contributed by atoms with Crippen LogP contribution in [0.15, 0.2) is 0 Å². The van der Waals surface area contributed by atoms with Crippen LogP contribution in [0.1, 0.15) is 151 Å². The van der Waals surface area contributed by atoms with E-state index in [1.165, 1.54) is 7.11 Å². The molecule has 430 valence electrons. The molecule has 0 aromatic rings. The highest BCUT2D eigenvalue weighted by atomic mass is 16.7. The van der Waals surface area contributed by atoms with Crippen molar-refractivity contribution in [2.45, 2.75) is 258 Å². The molecular formula is C55H96O19. The van der Waals surface area contributed by atoms with Gasteiger partial charge in [-0.1, -0.05) is 20.8 Å². The highest BCUT2D eigenvalue weighted by Crippen LogP contribution is 2.75. The second kappa shape index (κ2) is 15.6. The molecular weight excluding hydrogens is 965 g/mol. The Morgan fingerprint density at radius 1 is 0.405 bits per heavy atom. The van der Waals surface area contributed by atoms with Crippen LogP contribution < -0.4 is 0 Å². The third kappa shape index (κ3) is 5.80. The fourth-order valence-electron chi connectivity index (χ4n) is 17.9. The summed E-state index contributed by atoms with van der Waals surface area (Å²) in [6.45, 7) is 32.8. The molecule has 0 aromatic carbocycles. The Bertz CT molecular complexity index is 2280. The number of hydrogen-bond donors (Lipinski definition) is 8. The molecule has 6 heterocycles. The third-order valence-corrected chi connectivity index (χ3v) is 24.9. The Kier molecular flexibility index (Phi) is 12.5. The third-order valence-electron chi connectivity index (χ3n) is 24.9. The van der Waals surface area contributed by atoms with Gasteiger partial charge in [0.1, 0.15) is 95.2 Å². The fraction of sp³-hybridized carbons (Fsp3) is 1.00. The second-order valence-electron chi connectivity index (χ2n) is 28.5. The summed E-state index contributed by atoms with van der Waals surface area (Å²) < 4.78 is 71.9. The van der Waals surface area contributed by atoms with Crippen molar-refractivity contribution in [3.05, 3.63) is 0 Å². The van der Waals surface area contributed by atoms with Crippen LogP contribution in [-0.4, -0.2) is 221 Å². The topological polar surface area (TPSA) is 263 Å². The summed E-state index contributed by atoms with van der Waals surface area (Å²) in [6, 6.07) is 0. The summed E-state index contributed by atoms with van der Waals surface area (Å²) in [6.07, 6.45) is 0.255. The highest BCUT2D eigenvalue weighted by molar-refractivity contribution is 5.39. The van der Waals surface area contributed by atoms with Gasteiger partial charge in [0.05, 0.1) is 76.1 Å². The number of hydrogen-bond acceptors (Lipinski definition) is 19. The van der Waals surface area contributed by atoms with Crippen molar-refractivity contribution in [3.8, 4) is 0 Å². The summed E-state index contributed by atoms with van der Waals surface area (Å²) in [4.78, 5) is 0. The summed E-state index contributed by atoms with van der Waals surface area (Å²) in [5.41, 5.74) is -32.4. The van der Waals surface area contributed by atoms with E-state index in [0.717, 1.165) is 0 Å². The SMILES string of the molecule is COCC1(C)OC(C)(CO)C2(O)C(C)(OCC3(C)OC4(C)COC(C)(C3(C)O)C4(C)COCC3(C)OC(C)(CO)C4(O)C(C)(OCC5(C)OC6(C)COC(C)(C5(C)O)C6(C)OC)CC4(C)C3(C)O)CC2(C)C1(C)O. The highest BCUT2D eigenvalue weighted by Gasteiger charge is 2.90. The minimum absolute atomic E-state index is 0.00633. The Balaban J connectivity index is 1.01. The molecule has 0 radical (unpaired) electrons. The van der Waals surface area contributed by atoms with Gasteiger partial charge in [0.2, 0.25) is 0 Å². The van der Waals surface area contributed by atoms with Gasteiger partial charge < -0.3 is 93.0 Å². The quantitative estimate of drug-likeness (QED) is 0.117. The van der Waals surface area contributed by atoms with Gasteiger partial charge in [-0.15, -0.1) is 0 Å². The maximum Gasteiger partial charge on any atom is 0.132 e. The van der Waals surface area contributed by atoms with E-state index in [9.17, 15) is 40.9 Å². The van der Waals surface area contributed by atoms with Crippen LogP contribution in [0.2, 0.25) is 0 Å². The lowest BCUT2D eigenvalue weighted by molar-refractivity contribution is -0.482. The lowest BCUT2D eigenvalue weighted by Gasteiger charge is -2.79. The normalized spacial score (nSPS) is 63.5. The van der Waals surface area contributed by atoms with E-state index in [1.54, 1.807) is 111 Å². The van der Waals surface area contributed by atoms with E-state index >= 15 is 0 Å². The van der Waals surface area contributed by atoms with E-state index in [2.05, 4.69) is 0 Å². The molecule has 2 aliphatic carbocycles. The van der Waals surface area contributed by atoms with Crippen molar-refractivity contribution in [3.63, 3.8) is 0 Å². The number of aliphatic hydroxyl groups is 8. The number of ether oxygens (including phenoxy) is 11. The average Bonchev–Trinajstić information content (AvgIpc) is 3.57. The molecule has 74 heavy (non-hydrogen) atoms. The molecule has 2 saturated carbocycles. The monoisotopic (exact) mass is 1060 g/mol. The minimum atomic E-state index is -2.03. The van der Waals surface area contributed by atoms with Crippen LogP contribution in [0, 0.1) is 16.2 Å². The molecule has 8 N–H and O–H groups in total. The van der Waals surface area contributed by atoms with E-state index in [-0.39, 0.29) is 59.1 Å². The van der Waals surface area contributed by atoms with Crippen LogP contribution in [0.25, 0.3) is 0 Å². The first kappa shape index (κ1) is 59.4. The van der Waals surface area contributed by atoms with Gasteiger partial charge in [-0.25, -0.2) is 0 Å². The van der Waals surface area contributed by atoms with E-state index < -0.39 is 136 Å². The van der Waals surface area contributed by atoms with Crippen molar-refractivity contribution in [1.82, 2.24) is 0 Å². The molecule has 4 bridgehead atoms. The minimum Gasteiger partial charge on any atom is -0.393 e. The molecule has 8 aliphatic rings. The van der Waals surface area contributed by atoms with Crippen LogP contribution in [-0.2, 0) is 52.1 Å². The largest absolute Gasteiger partial charge is 0.393 e. The van der Waals surface area contributed by atoms with Crippen molar-refractivity contribution in [1.29, 1.82) is 0 Å². The Morgan fingerprint density at radius 2 is 0.770 bits per heavy atom. The van der Waals surface area contributed by atoms with Gasteiger partial charge in [0.25, 0.3) is 0 Å². The molecule has 8 fully saturated rings. The molecule has 19 heteroatoms. The zero-order valence-corrected chi connectivity index (χ0v) is 48.8. The Hall–Kier alpha value is -0.760. The predicted molar refractivity (Wildman–Crippen MR) is 267 cm³/mol. The van der Waals surface area contributed by atoms with Gasteiger partial charge in [-0.05, 0) is 131 Å². The molecule has 22 atom stereocenters. The van der Waals surface area contributed by atoms with Crippen molar-refractivity contribution >= 4 is 0 Å². The number of rotatable bonds is 15. The second-order valence-corrected chi connectivity index (χ2v) is 28.5. The molecule has 6 aliphatic heterocycles. The lowest BCUT2D eigenvalue weighted by atomic mass is 9.36. The zero-order chi connectivity index (χ0) is 56.6. The van der Waals surface area contributed by atoms with Gasteiger partial charge in [0.15, 0.2) is 0 Å². The van der Waals surface area contributed by atoms with Gasteiger partial charge in [0, 0.05) is 25.0 Å². The Morgan fingerprint density at radius 3 is 1.18 bits per heavy atom. The van der Waals surface area contributed by atoms with Crippen molar-refractivity contribution in [2.75, 3.05) is 73.7 Å². The molecule has 8 rings (SSSR count). The lowest BCUT2D eigenvalue weighted by Crippen LogP contribution is -2.94. The van der Waals surface area contributed by atoms with Crippen LogP contribution >= 0.6 is 0 Å². The molecule has 0 amide bonds. The summed E-state index contributed by atoms with van der Waals surface area (Å²) >= 11 is 0.